The number of rotatable bonds is 6. The van der Waals surface area contributed by atoms with E-state index < -0.39 is 0 Å². The first-order valence-electron chi connectivity index (χ1n) is 6.93. The first-order chi connectivity index (χ1) is 10.7. The Morgan fingerprint density at radius 3 is 2.82 bits per heavy atom. The van der Waals surface area contributed by atoms with Gasteiger partial charge in [-0.3, -0.25) is 4.98 Å². The summed E-state index contributed by atoms with van der Waals surface area (Å²) in [7, 11) is 3.66. The number of likely N-dealkylation sites (N-methyl/N-ethyl adjacent to an activating group) is 1. The maximum absolute atomic E-state index is 9.03. The molecule has 5 heteroatoms. The van der Waals surface area contributed by atoms with Crippen molar-refractivity contribution in [2.45, 2.75) is 0 Å². The van der Waals surface area contributed by atoms with E-state index >= 15 is 0 Å². The van der Waals surface area contributed by atoms with Crippen LogP contribution in [-0.4, -0.2) is 37.3 Å². The van der Waals surface area contributed by atoms with E-state index in [0.717, 1.165) is 23.5 Å². The van der Waals surface area contributed by atoms with Crippen LogP contribution in [0.25, 0.3) is 12.2 Å². The molecule has 0 aromatic carbocycles. The van der Waals surface area contributed by atoms with E-state index in [1.807, 2.05) is 48.5 Å². The second kappa shape index (κ2) is 7.91. The lowest BCUT2D eigenvalue weighted by Crippen LogP contribution is -2.22. The van der Waals surface area contributed by atoms with Gasteiger partial charge in [0.25, 0.3) is 0 Å². The number of nitriles is 1. The number of nitrogens with zero attached hydrogens (tertiary/aromatic N) is 4. The quantitative estimate of drug-likeness (QED) is 0.819. The van der Waals surface area contributed by atoms with Crippen molar-refractivity contribution >= 4 is 18.0 Å². The standard InChI is InChI=1S/C17H18N4O/c1-21(9-10-22-2)17-6-4-14(12-20-17)3-5-15-7-8-19-13-16(15)11-18/h3-8,12-13H,9-10H2,1-2H3. The molecule has 2 aromatic heterocycles. The van der Waals surface area contributed by atoms with Gasteiger partial charge >= 0.3 is 0 Å². The number of anilines is 1. The van der Waals surface area contributed by atoms with Crippen LogP contribution in [0, 0.1) is 11.3 Å². The highest BCUT2D eigenvalue weighted by atomic mass is 16.5. The smallest absolute Gasteiger partial charge is 0.128 e. The highest BCUT2D eigenvalue weighted by Gasteiger charge is 2.01. The molecular formula is C17H18N4O. The molecule has 0 aliphatic carbocycles. The summed E-state index contributed by atoms with van der Waals surface area (Å²) < 4.78 is 5.06. The van der Waals surface area contributed by atoms with Gasteiger partial charge in [-0.25, -0.2) is 4.98 Å². The van der Waals surface area contributed by atoms with Gasteiger partial charge in [-0.05, 0) is 29.3 Å². The second-order valence-electron chi connectivity index (χ2n) is 4.77. The van der Waals surface area contributed by atoms with Crippen molar-refractivity contribution in [3.05, 3.63) is 53.5 Å². The Morgan fingerprint density at radius 2 is 2.14 bits per heavy atom. The van der Waals surface area contributed by atoms with E-state index in [0.29, 0.717) is 12.2 Å². The SMILES string of the molecule is COCCN(C)c1ccc(C=Cc2ccncc2C#N)cn1. The summed E-state index contributed by atoms with van der Waals surface area (Å²) >= 11 is 0. The summed E-state index contributed by atoms with van der Waals surface area (Å²) in [6.45, 7) is 1.46. The van der Waals surface area contributed by atoms with E-state index in [-0.39, 0.29) is 0 Å². The van der Waals surface area contributed by atoms with Crippen LogP contribution < -0.4 is 4.90 Å². The van der Waals surface area contributed by atoms with Crippen molar-refractivity contribution in [3.63, 3.8) is 0 Å². The first-order valence-corrected chi connectivity index (χ1v) is 6.93. The Balaban J connectivity index is 2.08. The van der Waals surface area contributed by atoms with Gasteiger partial charge < -0.3 is 9.64 Å². The zero-order valence-corrected chi connectivity index (χ0v) is 12.7. The van der Waals surface area contributed by atoms with Crippen molar-refractivity contribution < 1.29 is 4.74 Å². The summed E-state index contributed by atoms with van der Waals surface area (Å²) in [5.74, 6) is 0.899. The molecule has 112 valence electrons. The third-order valence-electron chi connectivity index (χ3n) is 3.22. The highest BCUT2D eigenvalue weighted by Crippen LogP contribution is 2.13. The Hall–Kier alpha value is -2.71. The van der Waals surface area contributed by atoms with E-state index in [1.54, 1.807) is 19.5 Å². The van der Waals surface area contributed by atoms with Crippen LogP contribution >= 0.6 is 0 Å². The molecule has 0 atom stereocenters. The molecule has 5 nitrogen and oxygen atoms in total. The average Bonchev–Trinajstić information content (AvgIpc) is 2.58. The van der Waals surface area contributed by atoms with Crippen molar-refractivity contribution in [1.82, 2.24) is 9.97 Å². The van der Waals surface area contributed by atoms with Gasteiger partial charge in [-0.15, -0.1) is 0 Å². The zero-order valence-electron chi connectivity index (χ0n) is 12.7. The van der Waals surface area contributed by atoms with E-state index in [2.05, 4.69) is 16.0 Å². The van der Waals surface area contributed by atoms with Gasteiger partial charge in [0.2, 0.25) is 0 Å². The van der Waals surface area contributed by atoms with Gasteiger partial charge in [0, 0.05) is 39.3 Å². The predicted octanol–water partition coefficient (Wildman–Crippen LogP) is 2.60. The molecule has 22 heavy (non-hydrogen) atoms. The molecule has 2 rings (SSSR count). The zero-order chi connectivity index (χ0) is 15.8. The molecule has 2 heterocycles. The van der Waals surface area contributed by atoms with Crippen LogP contribution in [0.3, 0.4) is 0 Å². The van der Waals surface area contributed by atoms with Crippen LogP contribution in [0.1, 0.15) is 16.7 Å². The minimum absolute atomic E-state index is 0.558. The molecule has 0 aliphatic heterocycles. The van der Waals surface area contributed by atoms with Crippen LogP contribution in [0.15, 0.2) is 36.8 Å². The average molecular weight is 294 g/mol. The number of methoxy groups -OCH3 is 1. The van der Waals surface area contributed by atoms with Crippen LogP contribution in [0.5, 0.6) is 0 Å². The summed E-state index contributed by atoms with van der Waals surface area (Å²) in [6, 6.07) is 7.90. The number of pyridine rings is 2. The molecule has 0 amide bonds. The fourth-order valence-electron chi connectivity index (χ4n) is 1.89. The molecule has 0 fully saturated rings. The summed E-state index contributed by atoms with van der Waals surface area (Å²) in [6.07, 6.45) is 8.87. The normalized spacial score (nSPS) is 10.6. The van der Waals surface area contributed by atoms with Crippen molar-refractivity contribution in [2.75, 3.05) is 32.2 Å². The molecule has 0 spiro atoms. The van der Waals surface area contributed by atoms with Crippen molar-refractivity contribution in [3.8, 4) is 6.07 Å². The lowest BCUT2D eigenvalue weighted by atomic mass is 10.1. The van der Waals surface area contributed by atoms with E-state index in [1.165, 1.54) is 0 Å². The molecule has 0 bridgehead atoms. The Labute approximate surface area is 130 Å². The molecule has 0 N–H and O–H groups in total. The van der Waals surface area contributed by atoms with Crippen molar-refractivity contribution in [2.24, 2.45) is 0 Å². The fraction of sp³-hybridized carbons (Fsp3) is 0.235. The predicted molar refractivity (Wildman–Crippen MR) is 87.3 cm³/mol. The first kappa shape index (κ1) is 15.7. The molecule has 2 aromatic rings. The van der Waals surface area contributed by atoms with Gasteiger partial charge in [-0.1, -0.05) is 12.2 Å². The second-order valence-corrected chi connectivity index (χ2v) is 4.77. The molecular weight excluding hydrogens is 276 g/mol. The van der Waals surface area contributed by atoms with Gasteiger partial charge in [0.15, 0.2) is 0 Å². The number of ether oxygens (including phenoxy) is 1. The summed E-state index contributed by atoms with van der Waals surface area (Å²) in [5.41, 5.74) is 2.38. The topological polar surface area (TPSA) is 62.0 Å². The Kier molecular flexibility index (Phi) is 5.64. The highest BCUT2D eigenvalue weighted by molar-refractivity contribution is 5.72. The van der Waals surface area contributed by atoms with Crippen LogP contribution in [0.2, 0.25) is 0 Å². The minimum Gasteiger partial charge on any atom is -0.383 e. The largest absolute Gasteiger partial charge is 0.383 e. The monoisotopic (exact) mass is 294 g/mol. The van der Waals surface area contributed by atoms with E-state index in [9.17, 15) is 0 Å². The third-order valence-corrected chi connectivity index (χ3v) is 3.22. The summed E-state index contributed by atoms with van der Waals surface area (Å²) in [5, 5.41) is 9.03. The van der Waals surface area contributed by atoms with Gasteiger partial charge in [0.05, 0.1) is 12.2 Å². The molecule has 0 saturated heterocycles. The molecule has 0 aliphatic rings. The fourth-order valence-corrected chi connectivity index (χ4v) is 1.89. The summed E-state index contributed by atoms with van der Waals surface area (Å²) in [4.78, 5) is 10.4. The van der Waals surface area contributed by atoms with Gasteiger partial charge in [0.1, 0.15) is 11.9 Å². The maximum atomic E-state index is 9.03. The van der Waals surface area contributed by atoms with Crippen molar-refractivity contribution in [1.29, 1.82) is 5.26 Å². The van der Waals surface area contributed by atoms with Gasteiger partial charge in [-0.2, -0.15) is 5.26 Å². The number of hydrogen-bond donors (Lipinski definition) is 0. The minimum atomic E-state index is 0.558. The Morgan fingerprint density at radius 1 is 1.27 bits per heavy atom. The lowest BCUT2D eigenvalue weighted by Gasteiger charge is -2.17. The van der Waals surface area contributed by atoms with Crippen LogP contribution in [-0.2, 0) is 4.74 Å². The third kappa shape index (κ3) is 4.14. The molecule has 0 radical (unpaired) electrons. The Bertz CT molecular complexity index is 674. The lowest BCUT2D eigenvalue weighted by molar-refractivity contribution is 0.206. The van der Waals surface area contributed by atoms with E-state index in [4.69, 9.17) is 10.00 Å². The number of hydrogen-bond acceptors (Lipinski definition) is 5. The molecule has 0 unspecified atom stereocenters. The number of aromatic nitrogens is 2. The van der Waals surface area contributed by atoms with Crippen LogP contribution in [0.4, 0.5) is 5.82 Å². The maximum Gasteiger partial charge on any atom is 0.128 e. The molecule has 0 saturated carbocycles.